The Hall–Kier alpha value is -13.0. The van der Waals surface area contributed by atoms with E-state index in [0.717, 1.165) is 49.9 Å². The van der Waals surface area contributed by atoms with Crippen LogP contribution in [0, 0.1) is 11.8 Å². The van der Waals surface area contributed by atoms with Gasteiger partial charge in [0.1, 0.15) is 16.7 Å². The Labute approximate surface area is 603 Å². The highest BCUT2D eigenvalue weighted by atomic mass is 16.6. The molecule has 2 aliphatic heterocycles. The van der Waals surface area contributed by atoms with Crippen molar-refractivity contribution in [3.63, 3.8) is 0 Å². The second kappa shape index (κ2) is 27.3. The number of ether oxygens (including phenoxy) is 1. The number of nitrogens with zero attached hydrogens (tertiary/aromatic N) is 19. The molecule has 0 spiro atoms. The maximum absolute atomic E-state index is 14.4. The van der Waals surface area contributed by atoms with Gasteiger partial charge in [-0.05, 0) is 145 Å². The van der Waals surface area contributed by atoms with Gasteiger partial charge in [0.15, 0.2) is 68.3 Å². The minimum absolute atomic E-state index is 0.0271. The van der Waals surface area contributed by atoms with Gasteiger partial charge < -0.3 is 50.5 Å². The number of aromatic nitrogens is 18. The zero-order valence-electron chi connectivity index (χ0n) is 58.8. The van der Waals surface area contributed by atoms with Crippen molar-refractivity contribution in [1.82, 2.24) is 98.3 Å². The number of nitrogens with one attached hydrogen (secondary N) is 1. The minimum atomic E-state index is -1.50. The number of Topliss-reactive ketones (excluding diaryl/α,β-unsaturated/α-hetero) is 2. The molecule has 17 rings (SSSR count). The fraction of sp³-hybridized carbons (Fsp3) is 0.297. The van der Waals surface area contributed by atoms with E-state index in [0.29, 0.717) is 110 Å². The number of carboxylic acids is 1. The number of amides is 1. The predicted molar refractivity (Wildman–Crippen MR) is 389 cm³/mol. The second-order valence-corrected chi connectivity index (χ2v) is 27.8. The standard InChI is InChI=1S/C30H34N8O4.C25H26N8O2.C19H15N7O3/c1-29(2,3)42-28(40)36-14-8-10-19(18-36)16-23(39)30(4,20-11-6-5-7-12-20)38-26-21(17-32-38)25-33-24(22-13-9-15-41-22)35-37(25)27(31)34-26;1-25(17-8-3-2-4-9-17,20(34)13-16-7-5-11-27-14-16)33-23-18(15-28-33)22-29-21(19-10-6-12-35-19)31-32(22)24(26)30-23;1-19(17(27)28,11-6-3-2-4-7-11)26-16-12(10-21-26)15-22-14(13-8-5-9-29-13)24-25(15)18(20)23-16/h5-7,9,11-13,15,17,19H,8,10,14,16,18H2,1-4H3,(H2,31,34);2-4,6,8-10,12,15-16,27H,5,7,11,13-14H2,1H3,(H2,26,30);2-10H,1H3,(H2,20,23)(H,27,28)/t19-,30?;16-,25?;/m11./s1. The van der Waals surface area contributed by atoms with Crippen molar-refractivity contribution in [2.45, 2.75) is 102 Å². The molecule has 8 N–H and O–H groups in total. The Balaban J connectivity index is 0.000000129. The van der Waals surface area contributed by atoms with E-state index in [1.165, 1.54) is 30.7 Å². The van der Waals surface area contributed by atoms with Crippen LogP contribution in [0.1, 0.15) is 96.8 Å². The van der Waals surface area contributed by atoms with Crippen LogP contribution in [0.25, 0.3) is 84.8 Å². The fourth-order valence-electron chi connectivity index (χ4n) is 13.9. The molecular formula is C74H75N23O9. The third kappa shape index (κ3) is 12.4. The number of nitrogens with two attached hydrogens (primary N) is 3. The number of hydrogen-bond donors (Lipinski definition) is 5. The highest BCUT2D eigenvalue weighted by molar-refractivity contribution is 5.97. The summed E-state index contributed by atoms with van der Waals surface area (Å²) in [6.07, 6.45) is 13.5. The first kappa shape index (κ1) is 68.8. The van der Waals surface area contributed by atoms with E-state index in [2.05, 4.69) is 60.7 Å². The number of ketones is 2. The molecule has 2 saturated heterocycles. The highest BCUT2D eigenvalue weighted by Crippen LogP contribution is 2.39. The maximum Gasteiger partial charge on any atom is 0.410 e. The average Bonchev–Trinajstić information content (AvgIpc) is 1.53. The van der Waals surface area contributed by atoms with E-state index >= 15 is 0 Å². The molecule has 14 heterocycles. The van der Waals surface area contributed by atoms with Crippen LogP contribution in [0.4, 0.5) is 22.6 Å². The monoisotopic (exact) mass is 1430 g/mol. The second-order valence-electron chi connectivity index (χ2n) is 27.8. The molecule has 32 nitrogen and oxygen atoms in total. The molecule has 12 aromatic heterocycles. The minimum Gasteiger partial charge on any atom is -0.479 e. The summed E-state index contributed by atoms with van der Waals surface area (Å²) in [7, 11) is 0. The Bertz CT molecular complexity index is 5720. The van der Waals surface area contributed by atoms with E-state index in [-0.39, 0.29) is 53.8 Å². The van der Waals surface area contributed by atoms with Crippen LogP contribution in [0.5, 0.6) is 0 Å². The maximum atomic E-state index is 14.4. The van der Waals surface area contributed by atoms with Gasteiger partial charge in [-0.15, -0.1) is 15.3 Å². The van der Waals surface area contributed by atoms with E-state index in [1.807, 2.05) is 101 Å². The number of anilines is 3. The van der Waals surface area contributed by atoms with Gasteiger partial charge >= 0.3 is 12.1 Å². The molecule has 3 aromatic carbocycles. The number of carboxylic acid groups (broad SMARTS) is 1. The van der Waals surface area contributed by atoms with Crippen molar-refractivity contribution in [2.24, 2.45) is 11.8 Å². The van der Waals surface area contributed by atoms with Gasteiger partial charge in [0, 0.05) is 25.9 Å². The van der Waals surface area contributed by atoms with Crippen molar-refractivity contribution in [3.05, 3.63) is 181 Å². The molecule has 540 valence electrons. The van der Waals surface area contributed by atoms with Crippen molar-refractivity contribution in [2.75, 3.05) is 43.4 Å². The van der Waals surface area contributed by atoms with E-state index in [1.54, 1.807) is 107 Å². The van der Waals surface area contributed by atoms with Gasteiger partial charge in [0.25, 0.3) is 0 Å². The summed E-state index contributed by atoms with van der Waals surface area (Å²) < 4.78 is 30.8. The van der Waals surface area contributed by atoms with Crippen molar-refractivity contribution in [3.8, 4) is 34.8 Å². The Kier molecular flexibility index (Phi) is 17.7. The number of benzene rings is 3. The lowest BCUT2D eigenvalue weighted by molar-refractivity contribution is -0.144. The van der Waals surface area contributed by atoms with Crippen molar-refractivity contribution >= 4 is 91.5 Å². The van der Waals surface area contributed by atoms with Crippen LogP contribution < -0.4 is 22.5 Å². The van der Waals surface area contributed by atoms with Gasteiger partial charge in [-0.1, -0.05) is 91.0 Å². The lowest BCUT2D eigenvalue weighted by atomic mass is 9.81. The fourth-order valence-corrected chi connectivity index (χ4v) is 13.9. The molecule has 15 aromatic rings. The first-order valence-corrected chi connectivity index (χ1v) is 34.6. The Morgan fingerprint density at radius 1 is 0.491 bits per heavy atom. The van der Waals surface area contributed by atoms with Crippen LogP contribution in [0.3, 0.4) is 0 Å². The number of aliphatic carboxylic acids is 1. The summed E-state index contributed by atoms with van der Waals surface area (Å²) in [5.41, 5.74) is 19.1. The quantitative estimate of drug-likeness (QED) is 0.0600. The van der Waals surface area contributed by atoms with Crippen molar-refractivity contribution < 1.29 is 42.3 Å². The number of carbonyl (C=O) groups is 4. The molecule has 0 saturated carbocycles. The normalized spacial score (nSPS) is 16.6. The van der Waals surface area contributed by atoms with E-state index in [9.17, 15) is 24.3 Å². The molecule has 3 unspecified atom stereocenters. The summed E-state index contributed by atoms with van der Waals surface area (Å²) in [5.74, 6) is 2.14. The topological polar surface area (TPSA) is 413 Å². The number of carbonyl (C=O) groups excluding carboxylic acids is 3. The SMILES string of the molecule is CC(C(=O)C[C@H]1CCCNC1)(c1ccccc1)n1ncc2c1nc(N)n1nc(-c3ccco3)nc21.CC(C(=O)O)(c1ccccc1)n1ncc2c1nc(N)n1nc(-c3ccco3)nc21.CC(C)(C)OC(=O)N1CCC[C@H](CC(=O)C(C)(c2ccccc2)n2ncc3c2nc(N)n2nc(-c4ccco4)nc32)C1. The number of furan rings is 3. The number of likely N-dealkylation sites (tertiary alicyclic amines) is 1. The molecule has 2 aliphatic rings. The molecule has 0 bridgehead atoms. The summed E-state index contributed by atoms with van der Waals surface area (Å²) in [4.78, 5) is 82.6. The predicted octanol–water partition coefficient (Wildman–Crippen LogP) is 9.89. The first-order valence-electron chi connectivity index (χ1n) is 34.6. The van der Waals surface area contributed by atoms with Gasteiger partial charge in [0.05, 0.1) is 53.5 Å². The summed E-state index contributed by atoms with van der Waals surface area (Å²) in [6.45, 7) is 13.8. The number of nitrogen functional groups attached to an aromatic ring is 3. The van der Waals surface area contributed by atoms with Gasteiger partial charge in [-0.25, -0.2) is 38.6 Å². The third-order valence-electron chi connectivity index (χ3n) is 19.6. The molecule has 32 heteroatoms. The molecule has 1 amide bonds. The van der Waals surface area contributed by atoms with Crippen LogP contribution in [-0.2, 0) is 35.7 Å². The van der Waals surface area contributed by atoms with E-state index in [4.69, 9.17) is 40.3 Å². The Morgan fingerprint density at radius 3 is 1.23 bits per heavy atom. The van der Waals surface area contributed by atoms with Crippen LogP contribution in [0.2, 0.25) is 0 Å². The molecule has 0 radical (unpaired) electrons. The molecular weight excluding hydrogens is 1350 g/mol. The molecule has 0 aliphatic carbocycles. The third-order valence-corrected chi connectivity index (χ3v) is 19.6. The highest BCUT2D eigenvalue weighted by Gasteiger charge is 2.44. The van der Waals surface area contributed by atoms with Crippen LogP contribution >= 0.6 is 0 Å². The molecule has 5 atom stereocenters. The smallest absolute Gasteiger partial charge is 0.410 e. The average molecular weight is 1430 g/mol. The Morgan fingerprint density at radius 2 is 0.868 bits per heavy atom. The molecule has 106 heavy (non-hydrogen) atoms. The van der Waals surface area contributed by atoms with Crippen LogP contribution in [-0.4, -0.2) is 154 Å². The van der Waals surface area contributed by atoms with Crippen LogP contribution in [0.15, 0.2) is 178 Å². The van der Waals surface area contributed by atoms with Crippen molar-refractivity contribution in [1.29, 1.82) is 0 Å². The largest absolute Gasteiger partial charge is 0.479 e. The number of piperidine rings is 2. The summed E-state index contributed by atoms with van der Waals surface area (Å²) in [5, 5.41) is 42.2. The van der Waals surface area contributed by atoms with E-state index < -0.39 is 28.2 Å². The lowest BCUT2D eigenvalue weighted by Gasteiger charge is -2.36. The number of fused-ring (bicyclic) bond motifs is 9. The summed E-state index contributed by atoms with van der Waals surface area (Å²) in [6, 6.07) is 38.6. The zero-order valence-corrected chi connectivity index (χ0v) is 58.8. The lowest BCUT2D eigenvalue weighted by Crippen LogP contribution is -2.46. The first-order chi connectivity index (χ1) is 51.1. The number of hydrogen-bond acceptors (Lipinski definition) is 24. The van der Waals surface area contributed by atoms with Gasteiger partial charge in [0.2, 0.25) is 35.3 Å². The number of rotatable bonds is 16. The van der Waals surface area contributed by atoms with Gasteiger partial charge in [-0.3, -0.25) is 9.59 Å². The summed E-state index contributed by atoms with van der Waals surface area (Å²) >= 11 is 0. The zero-order chi connectivity index (χ0) is 73.8. The van der Waals surface area contributed by atoms with Gasteiger partial charge in [-0.2, -0.15) is 43.8 Å². The molecule has 2 fully saturated rings.